The molecule has 4 heteroatoms. The molecule has 0 unspecified atom stereocenters. The number of esters is 1. The first-order valence-electron chi connectivity index (χ1n) is 5.46. The zero-order chi connectivity index (χ0) is 11.1. The molecule has 0 bridgehead atoms. The van der Waals surface area contributed by atoms with Crippen molar-refractivity contribution in [1.29, 1.82) is 0 Å². The molecule has 0 radical (unpaired) electrons. The van der Waals surface area contributed by atoms with Crippen LogP contribution < -0.4 is 5.32 Å². The van der Waals surface area contributed by atoms with E-state index in [0.29, 0.717) is 19.8 Å². The van der Waals surface area contributed by atoms with Gasteiger partial charge >= 0.3 is 5.97 Å². The summed E-state index contributed by atoms with van der Waals surface area (Å²) in [6.45, 7) is 8.41. The first kappa shape index (κ1) is 10.9. The van der Waals surface area contributed by atoms with Crippen molar-refractivity contribution in [3.8, 4) is 0 Å². The van der Waals surface area contributed by atoms with Gasteiger partial charge in [-0.25, -0.2) is 0 Å². The predicted molar refractivity (Wildman–Crippen MR) is 55.5 cm³/mol. The fourth-order valence-electron chi connectivity index (χ4n) is 2.26. The van der Waals surface area contributed by atoms with Crippen LogP contribution in [0.5, 0.6) is 0 Å². The van der Waals surface area contributed by atoms with Crippen LogP contribution in [0.25, 0.3) is 0 Å². The molecular formula is C11H19NO3. The Labute approximate surface area is 90.3 Å². The molecule has 0 spiro atoms. The summed E-state index contributed by atoms with van der Waals surface area (Å²) in [6.07, 6.45) is 0. The maximum Gasteiger partial charge on any atom is 0.316 e. The van der Waals surface area contributed by atoms with Gasteiger partial charge in [0.2, 0.25) is 0 Å². The average molecular weight is 213 g/mol. The van der Waals surface area contributed by atoms with Gasteiger partial charge in [-0.1, -0.05) is 0 Å². The molecule has 2 fully saturated rings. The van der Waals surface area contributed by atoms with Crippen molar-refractivity contribution in [3.63, 3.8) is 0 Å². The van der Waals surface area contributed by atoms with Crippen LogP contribution in [0.3, 0.4) is 0 Å². The van der Waals surface area contributed by atoms with Crippen molar-refractivity contribution in [2.45, 2.75) is 26.4 Å². The van der Waals surface area contributed by atoms with Gasteiger partial charge < -0.3 is 14.8 Å². The Hall–Kier alpha value is -0.610. The van der Waals surface area contributed by atoms with Gasteiger partial charge in [0, 0.05) is 19.0 Å². The SMILES string of the molecule is CC(C)(C)OC(=O)[C@@]12CNC[C@H]1COC2. The smallest absolute Gasteiger partial charge is 0.316 e. The number of hydrogen-bond donors (Lipinski definition) is 1. The molecule has 2 saturated heterocycles. The van der Waals surface area contributed by atoms with Gasteiger partial charge in [-0.05, 0) is 20.8 Å². The highest BCUT2D eigenvalue weighted by Crippen LogP contribution is 2.39. The molecule has 2 atom stereocenters. The number of fused-ring (bicyclic) bond motifs is 1. The molecule has 0 saturated carbocycles. The Morgan fingerprint density at radius 2 is 2.27 bits per heavy atom. The third-order valence-electron chi connectivity index (χ3n) is 3.10. The lowest BCUT2D eigenvalue weighted by Gasteiger charge is -2.29. The maximum atomic E-state index is 12.1. The average Bonchev–Trinajstić information content (AvgIpc) is 2.55. The molecule has 2 aliphatic heterocycles. The summed E-state index contributed by atoms with van der Waals surface area (Å²) in [5.74, 6) is 0.176. The Bertz CT molecular complexity index is 259. The first-order valence-corrected chi connectivity index (χ1v) is 5.46. The summed E-state index contributed by atoms with van der Waals surface area (Å²) in [5, 5.41) is 3.25. The van der Waals surface area contributed by atoms with E-state index in [-0.39, 0.29) is 11.9 Å². The van der Waals surface area contributed by atoms with Crippen LogP contribution in [-0.2, 0) is 14.3 Å². The van der Waals surface area contributed by atoms with Crippen LogP contribution in [-0.4, -0.2) is 37.9 Å². The van der Waals surface area contributed by atoms with Crippen LogP contribution in [0, 0.1) is 11.3 Å². The fraction of sp³-hybridized carbons (Fsp3) is 0.909. The van der Waals surface area contributed by atoms with E-state index in [1.165, 1.54) is 0 Å². The zero-order valence-corrected chi connectivity index (χ0v) is 9.63. The predicted octanol–water partition coefficient (Wildman–Crippen LogP) is 0.564. The molecular weight excluding hydrogens is 194 g/mol. The molecule has 1 N–H and O–H groups in total. The quantitative estimate of drug-likeness (QED) is 0.647. The standard InChI is InChI=1S/C11H19NO3/c1-10(2,3)15-9(13)11-6-12-4-8(11)5-14-7-11/h8,12H,4-7H2,1-3H3/t8-,11+/m0/s1. The molecule has 2 aliphatic rings. The first-order chi connectivity index (χ1) is 6.94. The number of carbonyl (C=O) groups excluding carboxylic acids is 1. The Morgan fingerprint density at radius 3 is 2.93 bits per heavy atom. The van der Waals surface area contributed by atoms with E-state index in [1.54, 1.807) is 0 Å². The molecule has 2 heterocycles. The van der Waals surface area contributed by atoms with Crippen molar-refractivity contribution < 1.29 is 14.3 Å². The summed E-state index contributed by atoms with van der Waals surface area (Å²) in [7, 11) is 0. The second-order valence-corrected chi connectivity index (χ2v) is 5.50. The topological polar surface area (TPSA) is 47.6 Å². The third kappa shape index (κ3) is 1.88. The van der Waals surface area contributed by atoms with Crippen LogP contribution in [0.2, 0.25) is 0 Å². The summed E-state index contributed by atoms with van der Waals surface area (Å²) in [4.78, 5) is 12.1. The van der Waals surface area contributed by atoms with E-state index >= 15 is 0 Å². The van der Waals surface area contributed by atoms with Crippen molar-refractivity contribution in [3.05, 3.63) is 0 Å². The summed E-state index contributed by atoms with van der Waals surface area (Å²) in [6, 6.07) is 0. The van der Waals surface area contributed by atoms with Gasteiger partial charge in [-0.15, -0.1) is 0 Å². The van der Waals surface area contributed by atoms with Crippen molar-refractivity contribution in [1.82, 2.24) is 5.32 Å². The van der Waals surface area contributed by atoms with Gasteiger partial charge in [0.25, 0.3) is 0 Å². The van der Waals surface area contributed by atoms with E-state index < -0.39 is 11.0 Å². The molecule has 0 aliphatic carbocycles. The Morgan fingerprint density at radius 1 is 1.53 bits per heavy atom. The summed E-state index contributed by atoms with van der Waals surface area (Å²) < 4.78 is 10.9. The van der Waals surface area contributed by atoms with Crippen molar-refractivity contribution in [2.75, 3.05) is 26.3 Å². The highest BCUT2D eigenvalue weighted by molar-refractivity contribution is 5.79. The van der Waals surface area contributed by atoms with Gasteiger partial charge in [0.05, 0.1) is 13.2 Å². The lowest BCUT2D eigenvalue weighted by molar-refractivity contribution is -0.167. The van der Waals surface area contributed by atoms with Crippen LogP contribution in [0.15, 0.2) is 0 Å². The van der Waals surface area contributed by atoms with E-state index in [2.05, 4.69) is 5.32 Å². The number of hydrogen-bond acceptors (Lipinski definition) is 4. The Kier molecular flexibility index (Phi) is 2.51. The number of carbonyl (C=O) groups is 1. The molecule has 86 valence electrons. The maximum absolute atomic E-state index is 12.1. The van der Waals surface area contributed by atoms with E-state index in [9.17, 15) is 4.79 Å². The summed E-state index contributed by atoms with van der Waals surface area (Å²) >= 11 is 0. The molecule has 0 aromatic rings. The van der Waals surface area contributed by atoms with Crippen molar-refractivity contribution in [2.24, 2.45) is 11.3 Å². The minimum atomic E-state index is -0.423. The minimum Gasteiger partial charge on any atom is -0.459 e. The van der Waals surface area contributed by atoms with E-state index in [4.69, 9.17) is 9.47 Å². The minimum absolute atomic E-state index is 0.109. The van der Waals surface area contributed by atoms with E-state index in [0.717, 1.165) is 6.54 Å². The highest BCUT2D eigenvalue weighted by Gasteiger charge is 2.54. The van der Waals surface area contributed by atoms with Crippen LogP contribution in [0.1, 0.15) is 20.8 Å². The molecule has 2 rings (SSSR count). The van der Waals surface area contributed by atoms with Gasteiger partial charge in [0.15, 0.2) is 0 Å². The normalized spacial score (nSPS) is 35.3. The van der Waals surface area contributed by atoms with Crippen molar-refractivity contribution >= 4 is 5.97 Å². The molecule has 0 aromatic heterocycles. The molecule has 15 heavy (non-hydrogen) atoms. The Balaban J connectivity index is 2.11. The van der Waals surface area contributed by atoms with E-state index in [1.807, 2.05) is 20.8 Å². The second kappa shape index (κ2) is 3.46. The molecule has 0 aromatic carbocycles. The van der Waals surface area contributed by atoms with Gasteiger partial charge in [-0.3, -0.25) is 4.79 Å². The van der Waals surface area contributed by atoms with Gasteiger partial charge in [-0.2, -0.15) is 0 Å². The van der Waals surface area contributed by atoms with Crippen LogP contribution >= 0.6 is 0 Å². The monoisotopic (exact) mass is 213 g/mol. The summed E-state index contributed by atoms with van der Waals surface area (Å²) in [5.41, 5.74) is -0.838. The number of rotatable bonds is 1. The van der Waals surface area contributed by atoms with Gasteiger partial charge in [0.1, 0.15) is 11.0 Å². The molecule has 0 amide bonds. The zero-order valence-electron chi connectivity index (χ0n) is 9.63. The number of ether oxygens (including phenoxy) is 2. The molecule has 4 nitrogen and oxygen atoms in total. The lowest BCUT2D eigenvalue weighted by atomic mass is 9.81. The largest absolute Gasteiger partial charge is 0.459 e. The number of nitrogens with one attached hydrogen (secondary N) is 1. The third-order valence-corrected chi connectivity index (χ3v) is 3.10. The highest BCUT2D eigenvalue weighted by atomic mass is 16.6. The van der Waals surface area contributed by atoms with Crippen LogP contribution in [0.4, 0.5) is 0 Å². The fourth-order valence-corrected chi connectivity index (χ4v) is 2.26. The second-order valence-electron chi connectivity index (χ2n) is 5.50. The lowest BCUT2D eigenvalue weighted by Crippen LogP contribution is -2.43.